The summed E-state index contributed by atoms with van der Waals surface area (Å²) < 4.78 is 51.4. The number of amides is 2. The molecule has 5 N–H and O–H groups in total. The van der Waals surface area contributed by atoms with Crippen LogP contribution in [-0.4, -0.2) is 121 Å². The molecule has 0 unspecified atom stereocenters. The summed E-state index contributed by atoms with van der Waals surface area (Å²) in [6, 6.07) is 21.3. The number of nitrogens with zero attached hydrogens (tertiary/aromatic N) is 5. The maximum atomic E-state index is 14.0. The van der Waals surface area contributed by atoms with Crippen molar-refractivity contribution in [3.63, 3.8) is 0 Å². The minimum atomic E-state index is -4.63. The van der Waals surface area contributed by atoms with Gasteiger partial charge in [-0.1, -0.05) is 77.7 Å². The third-order valence-electron chi connectivity index (χ3n) is 11.3. The van der Waals surface area contributed by atoms with Crippen molar-refractivity contribution in [3.8, 4) is 29.0 Å². The smallest absolute Gasteiger partial charge is 0.405 e. The topological polar surface area (TPSA) is 186 Å². The second-order valence-corrected chi connectivity index (χ2v) is 18.5. The van der Waals surface area contributed by atoms with E-state index in [1.54, 1.807) is 67.3 Å². The fraction of sp³-hybridized carbons (Fsp3) is 0.408. The van der Waals surface area contributed by atoms with Crippen molar-refractivity contribution in [2.75, 3.05) is 39.3 Å². The number of hydrogen-bond acceptors (Lipinski definition) is 12. The summed E-state index contributed by atoms with van der Waals surface area (Å²) in [6.07, 6.45) is -2.01. The van der Waals surface area contributed by atoms with Crippen LogP contribution >= 0.6 is 23.2 Å². The van der Waals surface area contributed by atoms with Gasteiger partial charge in [-0.3, -0.25) is 24.4 Å². The molecular weight excluding hydrogens is 926 g/mol. The molecule has 5 aromatic rings. The summed E-state index contributed by atoms with van der Waals surface area (Å²) in [7, 11) is 0. The number of alkyl halides is 3. The van der Waals surface area contributed by atoms with Gasteiger partial charge in [-0.15, -0.1) is 0 Å². The van der Waals surface area contributed by atoms with Gasteiger partial charge in [0.25, 0.3) is 0 Å². The Morgan fingerprint density at radius 1 is 0.912 bits per heavy atom. The average molecular weight is 981 g/mol. The zero-order valence-electron chi connectivity index (χ0n) is 37.9. The van der Waals surface area contributed by atoms with Crippen molar-refractivity contribution >= 4 is 35.0 Å². The molecule has 1 saturated heterocycles. The van der Waals surface area contributed by atoms with Crippen molar-refractivity contribution in [1.29, 1.82) is 0 Å². The highest BCUT2D eigenvalue weighted by molar-refractivity contribution is 6.30. The lowest BCUT2D eigenvalue weighted by atomic mass is 9.90. The normalized spacial score (nSPS) is 18.6. The van der Waals surface area contributed by atoms with E-state index in [9.17, 15) is 38.1 Å². The van der Waals surface area contributed by atoms with E-state index in [-0.39, 0.29) is 39.1 Å². The molecular formula is C49H54Cl2F3N7O7. The number of carbonyl (C=O) groups excluding carboxylic acids is 2. The molecule has 1 fully saturated rings. The number of fused-ring (bicyclic) bond motifs is 1. The molecule has 7 rings (SSSR count). The summed E-state index contributed by atoms with van der Waals surface area (Å²) in [4.78, 5) is 43.7. The zero-order chi connectivity index (χ0) is 49.2. The van der Waals surface area contributed by atoms with Crippen LogP contribution in [0.15, 0.2) is 102 Å². The Kier molecular flexibility index (Phi) is 17.3. The van der Waals surface area contributed by atoms with Gasteiger partial charge in [-0.2, -0.15) is 13.2 Å². The molecule has 0 saturated carbocycles. The maximum absolute atomic E-state index is 14.0. The van der Waals surface area contributed by atoms with Crippen molar-refractivity contribution < 1.29 is 47.2 Å². The van der Waals surface area contributed by atoms with Crippen molar-refractivity contribution in [2.24, 2.45) is 5.92 Å². The first-order valence-electron chi connectivity index (χ1n) is 21.9. The van der Waals surface area contributed by atoms with Gasteiger partial charge in [0, 0.05) is 50.1 Å². The molecule has 5 heterocycles. The van der Waals surface area contributed by atoms with Crippen molar-refractivity contribution in [1.82, 2.24) is 35.4 Å². The molecule has 2 aliphatic rings. The number of rotatable bonds is 13. The van der Waals surface area contributed by atoms with Crippen molar-refractivity contribution in [2.45, 2.75) is 82.1 Å². The molecule has 0 radical (unpaired) electrons. The first-order valence-corrected chi connectivity index (χ1v) is 22.6. The van der Waals surface area contributed by atoms with Crippen LogP contribution in [0.3, 0.4) is 0 Å². The molecule has 2 aliphatic heterocycles. The number of ether oxygens (including phenoxy) is 1. The van der Waals surface area contributed by atoms with Gasteiger partial charge in [-0.05, 0) is 82.4 Å². The Balaban J connectivity index is 0.000000506. The zero-order valence-corrected chi connectivity index (χ0v) is 39.4. The van der Waals surface area contributed by atoms with Crippen LogP contribution in [0.5, 0.6) is 5.75 Å². The molecule has 19 heteroatoms. The van der Waals surface area contributed by atoms with Gasteiger partial charge in [0.05, 0.1) is 33.9 Å². The molecule has 3 aromatic heterocycles. The first-order chi connectivity index (χ1) is 32.1. The van der Waals surface area contributed by atoms with Gasteiger partial charge in [-0.25, -0.2) is 9.97 Å². The summed E-state index contributed by atoms with van der Waals surface area (Å²) in [5.74, 6) is 4.66. The molecule has 0 spiro atoms. The lowest BCUT2D eigenvalue weighted by Crippen LogP contribution is -2.63. The maximum Gasteiger partial charge on any atom is 0.405 e. The summed E-state index contributed by atoms with van der Waals surface area (Å²) in [5, 5.41) is 37.7. The van der Waals surface area contributed by atoms with Crippen LogP contribution in [0.1, 0.15) is 62.9 Å². The van der Waals surface area contributed by atoms with E-state index in [1.165, 1.54) is 18.6 Å². The highest BCUT2D eigenvalue weighted by atomic mass is 35.5. The van der Waals surface area contributed by atoms with E-state index < -0.39 is 65.9 Å². The highest BCUT2D eigenvalue weighted by Crippen LogP contribution is 2.34. The number of para-hydroxylation sites is 1. The number of aromatic nitrogens is 3. The quantitative estimate of drug-likeness (QED) is 0.0823. The number of benzene rings is 2. The largest absolute Gasteiger partial charge is 0.490 e. The van der Waals surface area contributed by atoms with Gasteiger partial charge in [0.1, 0.15) is 48.0 Å². The molecule has 14 nitrogen and oxygen atoms in total. The monoisotopic (exact) mass is 979 g/mol. The summed E-state index contributed by atoms with van der Waals surface area (Å²) >= 11 is 11.6. The standard InChI is InChI=1S/C39H44ClF3N6O6.C10H10ClNO/c1-38(2,37-45-19-33(55-37)29-13-12-26(40)18-44-29)49-15-14-48(30(21-49)36(53)46-23-39(41,42)43)20-27(50)17-25(16-24-8-4-3-5-9-24)35(52)47-34-28-10-6-7-11-32(28)54-22-31(34)51;1-10(2,13)6-5-9-4-3-8(11)7-12-9/h3-13,18-19,25,27,30-31,34,50-51H,14-17,20-23H2,1-2H3,(H,46,53)(H,47,52);3-4,7,13H,1-2H3/t25-,27+,30+,31-,34+;/m1./s1. The third-order valence-corrected chi connectivity index (χ3v) is 11.8. The van der Waals surface area contributed by atoms with Crippen LogP contribution in [0, 0.1) is 17.8 Å². The molecule has 0 bridgehead atoms. The second kappa shape index (κ2) is 22.7. The van der Waals surface area contributed by atoms with E-state index in [4.69, 9.17) is 32.4 Å². The van der Waals surface area contributed by atoms with E-state index in [2.05, 4.69) is 32.1 Å². The molecule has 68 heavy (non-hydrogen) atoms. The Labute approximate surface area is 402 Å². The molecule has 2 aromatic carbocycles. The Morgan fingerprint density at radius 2 is 1.60 bits per heavy atom. The number of oxazole rings is 1. The number of carbonyl (C=O) groups is 2. The van der Waals surface area contributed by atoms with Gasteiger partial charge < -0.3 is 35.1 Å². The Bertz CT molecular complexity index is 2510. The fourth-order valence-corrected chi connectivity index (χ4v) is 7.97. The summed E-state index contributed by atoms with van der Waals surface area (Å²) in [6.45, 7) is 5.87. The number of piperazine rings is 1. The Morgan fingerprint density at radius 3 is 2.26 bits per heavy atom. The number of pyridine rings is 2. The number of nitrogens with one attached hydrogen (secondary N) is 2. The average Bonchev–Trinajstić information content (AvgIpc) is 3.81. The van der Waals surface area contributed by atoms with Crippen LogP contribution in [-0.2, 0) is 21.5 Å². The van der Waals surface area contributed by atoms with Crippen LogP contribution in [0.4, 0.5) is 13.2 Å². The van der Waals surface area contributed by atoms with E-state index in [1.807, 2.05) is 54.4 Å². The number of halogens is 5. The van der Waals surface area contributed by atoms with Crippen LogP contribution < -0.4 is 15.4 Å². The van der Waals surface area contributed by atoms with Gasteiger partial charge >= 0.3 is 6.18 Å². The molecule has 5 atom stereocenters. The van der Waals surface area contributed by atoms with E-state index in [0.717, 1.165) is 5.56 Å². The number of aliphatic hydroxyl groups excluding tert-OH is 2. The van der Waals surface area contributed by atoms with E-state index >= 15 is 0 Å². The summed E-state index contributed by atoms with van der Waals surface area (Å²) in [5.41, 5.74) is 0.710. The van der Waals surface area contributed by atoms with Gasteiger partial charge in [0.2, 0.25) is 17.7 Å². The fourth-order valence-electron chi connectivity index (χ4n) is 7.75. The van der Waals surface area contributed by atoms with Crippen LogP contribution in [0.2, 0.25) is 10.0 Å². The predicted molar refractivity (Wildman–Crippen MR) is 249 cm³/mol. The lowest BCUT2D eigenvalue weighted by molar-refractivity contribution is -0.144. The Hall–Kier alpha value is -5.58. The third kappa shape index (κ3) is 14.7. The number of hydrogen-bond donors (Lipinski definition) is 5. The van der Waals surface area contributed by atoms with E-state index in [0.29, 0.717) is 50.9 Å². The number of β-amino-alcohol motifs (C(OH)–C–C–N with tert-alkyl or cyclic N) is 1. The first kappa shape index (κ1) is 51.8. The highest BCUT2D eigenvalue weighted by Gasteiger charge is 2.43. The molecule has 362 valence electrons. The van der Waals surface area contributed by atoms with Crippen molar-refractivity contribution in [3.05, 3.63) is 130 Å². The van der Waals surface area contributed by atoms with Gasteiger partial charge in [0.15, 0.2) is 5.76 Å². The van der Waals surface area contributed by atoms with Crippen LogP contribution in [0.25, 0.3) is 11.5 Å². The second-order valence-electron chi connectivity index (χ2n) is 17.6. The molecule has 0 aliphatic carbocycles. The predicted octanol–water partition coefficient (Wildman–Crippen LogP) is 6.37. The SMILES string of the molecule is CC(C)(O)C#Cc1ccc(Cl)cn1.CC(C)(c1ncc(-c2ccc(Cl)cn2)o1)N1CCN(C[C@@H](O)C[C@@H](Cc2ccccc2)C(=O)N[C@H]2c3ccccc3OC[C@H]2O)[C@H](C(=O)NCC(F)(F)F)C1. The number of aliphatic hydroxyl groups is 3. The lowest BCUT2D eigenvalue weighted by Gasteiger charge is -2.46. The minimum absolute atomic E-state index is 0.00467. The minimum Gasteiger partial charge on any atom is -0.490 e. The molecule has 2 amide bonds.